The van der Waals surface area contributed by atoms with Gasteiger partial charge in [-0.05, 0) is 119 Å². The molecular formula is C67H57F6N9O10S2. The third-order valence-corrected chi connectivity index (χ3v) is 19.7. The van der Waals surface area contributed by atoms with Gasteiger partial charge in [0.2, 0.25) is 0 Å². The van der Waals surface area contributed by atoms with E-state index >= 15 is 8.78 Å². The number of aromatic nitrogens is 6. The zero-order valence-corrected chi connectivity index (χ0v) is 51.6. The van der Waals surface area contributed by atoms with E-state index in [4.69, 9.17) is 5.73 Å². The molecule has 13 rings (SSSR count). The molecule has 5 heterocycles. The number of anilines is 2. The molecule has 10 aromatic rings. The lowest BCUT2D eigenvalue weighted by atomic mass is 9.81. The lowest BCUT2D eigenvalue weighted by Crippen LogP contribution is -2.35. The molecule has 4 atom stereocenters. The van der Waals surface area contributed by atoms with Crippen LogP contribution < -0.4 is 16.4 Å². The highest BCUT2D eigenvalue weighted by Crippen LogP contribution is 2.38. The van der Waals surface area contributed by atoms with Crippen molar-refractivity contribution in [3.05, 3.63) is 214 Å². The number of benzene rings is 6. The molecule has 5 N–H and O–H groups in total. The van der Waals surface area contributed by atoms with Crippen molar-refractivity contribution in [1.82, 2.24) is 27.9 Å². The highest BCUT2D eigenvalue weighted by atomic mass is 32.2. The molecule has 4 aromatic heterocycles. The first kappa shape index (κ1) is 65.4. The molecule has 0 unspecified atom stereocenters. The quantitative estimate of drug-likeness (QED) is 0.0341. The van der Waals surface area contributed by atoms with E-state index in [0.717, 1.165) is 84.1 Å². The van der Waals surface area contributed by atoms with Crippen LogP contribution in [-0.2, 0) is 24.8 Å². The van der Waals surface area contributed by atoms with Crippen LogP contribution in [0.5, 0.6) is 0 Å². The van der Waals surface area contributed by atoms with Crippen LogP contribution in [0.2, 0.25) is 0 Å². The number of ketones is 1. The number of carboxylic acids is 1. The van der Waals surface area contributed by atoms with Gasteiger partial charge in [0, 0.05) is 76.5 Å². The molecule has 0 radical (unpaired) electrons. The number of esters is 2. The molecule has 6 aromatic carbocycles. The van der Waals surface area contributed by atoms with Crippen LogP contribution in [0.4, 0.5) is 38.0 Å². The third-order valence-electron chi connectivity index (χ3n) is 16.4. The van der Waals surface area contributed by atoms with E-state index in [1.165, 1.54) is 36.4 Å². The summed E-state index contributed by atoms with van der Waals surface area (Å²) in [5.74, 6) is -8.72. The van der Waals surface area contributed by atoms with Crippen LogP contribution in [-0.4, -0.2) is 91.6 Å². The SMILES string of the molecule is Cc1ccc(S(=O)(=O)n2cc(-c3ncc(F)c(N[C@H]4CCC[C@@H](CC(=O)c5ccccc5C(=O)O)C4)n3)c3cc(F)cc(F)c32)cc1.Cc1ccc(S(=O)(=O)n2cc(-c3ncc(F)c(N[C@H]4CCC[C@@H](N)C4)n3)c3cc(F)cc(F)c32)cc1.O=C1OC(=O)c2ccccc21. The van der Waals surface area contributed by atoms with E-state index in [1.54, 1.807) is 74.5 Å². The van der Waals surface area contributed by atoms with Crippen LogP contribution in [0.3, 0.4) is 0 Å². The molecule has 19 nitrogen and oxygen atoms in total. The van der Waals surface area contributed by atoms with Crippen molar-refractivity contribution in [3.63, 3.8) is 0 Å². The van der Waals surface area contributed by atoms with Gasteiger partial charge in [-0.15, -0.1) is 0 Å². The van der Waals surface area contributed by atoms with Gasteiger partial charge in [-0.1, -0.05) is 72.1 Å². The van der Waals surface area contributed by atoms with Crippen LogP contribution >= 0.6 is 0 Å². The second kappa shape index (κ2) is 26.8. The van der Waals surface area contributed by atoms with E-state index in [1.807, 2.05) is 0 Å². The highest BCUT2D eigenvalue weighted by Gasteiger charge is 2.32. The van der Waals surface area contributed by atoms with Crippen molar-refractivity contribution in [3.8, 4) is 22.8 Å². The average Bonchev–Trinajstić information content (AvgIpc) is 1.58. The Balaban J connectivity index is 0.000000168. The number of nitrogens with one attached hydrogen (secondary N) is 2. The average molecular weight is 1330 g/mol. The Morgan fingerprint density at radius 1 is 0.574 bits per heavy atom. The lowest BCUT2D eigenvalue weighted by Gasteiger charge is -2.30. The van der Waals surface area contributed by atoms with Crippen molar-refractivity contribution in [2.75, 3.05) is 10.6 Å². The fourth-order valence-electron chi connectivity index (χ4n) is 11.7. The topological polar surface area (TPSA) is 278 Å². The van der Waals surface area contributed by atoms with E-state index in [0.29, 0.717) is 46.5 Å². The molecule has 94 heavy (non-hydrogen) atoms. The molecule has 2 aliphatic carbocycles. The predicted molar refractivity (Wildman–Crippen MR) is 335 cm³/mol. The van der Waals surface area contributed by atoms with E-state index in [9.17, 15) is 58.7 Å². The molecular weight excluding hydrogens is 1270 g/mol. The number of nitrogens with zero attached hydrogens (tertiary/aromatic N) is 6. The summed E-state index contributed by atoms with van der Waals surface area (Å²) in [6.07, 6.45) is 9.96. The number of hydrogen-bond acceptors (Lipinski definition) is 16. The van der Waals surface area contributed by atoms with Gasteiger partial charge < -0.3 is 26.2 Å². The fraction of sp³-hybridized carbons (Fsp3) is 0.224. The Morgan fingerprint density at radius 3 is 1.47 bits per heavy atom. The summed E-state index contributed by atoms with van der Waals surface area (Å²) in [6.45, 7) is 3.59. The number of carboxylic acid groups (broad SMARTS) is 1. The summed E-state index contributed by atoms with van der Waals surface area (Å²) in [4.78, 5) is 62.7. The van der Waals surface area contributed by atoms with Gasteiger partial charge in [-0.3, -0.25) is 4.79 Å². The Hall–Kier alpha value is -10.1. The van der Waals surface area contributed by atoms with Gasteiger partial charge in [-0.25, -0.2) is 85.4 Å². The second-order valence-electron chi connectivity index (χ2n) is 23.0. The molecule has 0 spiro atoms. The summed E-state index contributed by atoms with van der Waals surface area (Å²) < 4.78 is 148. The Bertz CT molecular complexity index is 4850. The third kappa shape index (κ3) is 13.7. The fourth-order valence-corrected chi connectivity index (χ4v) is 14.5. The predicted octanol–water partition coefficient (Wildman–Crippen LogP) is 12.7. The van der Waals surface area contributed by atoms with Gasteiger partial charge in [0.05, 0.1) is 38.9 Å². The number of Topliss-reactive ketones (excluding diaryl/α,β-unsaturated/α-hetero) is 1. The monoisotopic (exact) mass is 1330 g/mol. The summed E-state index contributed by atoms with van der Waals surface area (Å²) in [5, 5.41) is 15.4. The number of hydrogen-bond donors (Lipinski definition) is 4. The number of carbonyl (C=O) groups excluding carboxylic acids is 3. The molecule has 27 heteroatoms. The zero-order chi connectivity index (χ0) is 66.9. The maximum Gasteiger partial charge on any atom is 0.346 e. The number of halogens is 6. The molecule has 2 saturated carbocycles. The van der Waals surface area contributed by atoms with Gasteiger partial charge in [-0.2, -0.15) is 0 Å². The Labute approximate surface area is 533 Å². The van der Waals surface area contributed by atoms with Crippen molar-refractivity contribution < 1.29 is 72.2 Å². The van der Waals surface area contributed by atoms with Crippen LogP contribution in [0, 0.1) is 54.7 Å². The number of ether oxygens (including phenoxy) is 1. The molecule has 1 aliphatic heterocycles. The highest BCUT2D eigenvalue weighted by molar-refractivity contribution is 7.90. The van der Waals surface area contributed by atoms with Crippen molar-refractivity contribution in [2.45, 2.75) is 99.6 Å². The Kier molecular flexibility index (Phi) is 18.7. The first-order valence-corrected chi connectivity index (χ1v) is 32.4. The Morgan fingerprint density at radius 2 is 1.01 bits per heavy atom. The molecule has 3 aliphatic rings. The summed E-state index contributed by atoms with van der Waals surface area (Å²) in [5.41, 5.74) is 7.74. The number of fused-ring (bicyclic) bond motifs is 3. The summed E-state index contributed by atoms with van der Waals surface area (Å²) in [6, 6.07) is 27.3. The first-order valence-electron chi connectivity index (χ1n) is 29.5. The second-order valence-corrected chi connectivity index (χ2v) is 26.6. The lowest BCUT2D eigenvalue weighted by molar-refractivity contribution is 0.0442. The number of rotatable bonds is 14. The van der Waals surface area contributed by atoms with Crippen LogP contribution in [0.1, 0.15) is 110 Å². The molecule has 484 valence electrons. The minimum Gasteiger partial charge on any atom is -0.478 e. The number of nitrogens with two attached hydrogens (primary N) is 1. The smallest absolute Gasteiger partial charge is 0.346 e. The molecule has 0 saturated heterocycles. The summed E-state index contributed by atoms with van der Waals surface area (Å²) in [7, 11) is -8.60. The molecule has 2 fully saturated rings. The number of cyclic esters (lactones) is 2. The van der Waals surface area contributed by atoms with E-state index in [2.05, 4.69) is 35.3 Å². The van der Waals surface area contributed by atoms with Gasteiger partial charge >= 0.3 is 17.9 Å². The van der Waals surface area contributed by atoms with E-state index in [-0.39, 0.29) is 108 Å². The largest absolute Gasteiger partial charge is 0.478 e. The van der Waals surface area contributed by atoms with Crippen LogP contribution in [0.15, 0.2) is 156 Å². The maximum absolute atomic E-state index is 15.2. The van der Waals surface area contributed by atoms with Crippen molar-refractivity contribution >= 4 is 77.2 Å². The number of aryl methyl sites for hydroxylation is 2. The first-order chi connectivity index (χ1) is 44.8. The van der Waals surface area contributed by atoms with Gasteiger partial charge in [0.25, 0.3) is 20.0 Å². The molecule has 0 amide bonds. The van der Waals surface area contributed by atoms with Crippen molar-refractivity contribution in [1.29, 1.82) is 0 Å². The van der Waals surface area contributed by atoms with Gasteiger partial charge in [0.15, 0.2) is 52.3 Å². The van der Waals surface area contributed by atoms with E-state index < -0.39 is 78.4 Å². The summed E-state index contributed by atoms with van der Waals surface area (Å²) >= 11 is 0. The number of carbonyl (C=O) groups is 4. The van der Waals surface area contributed by atoms with Crippen LogP contribution in [0.25, 0.3) is 44.6 Å². The minimum absolute atomic E-state index is 0.00322. The normalized spacial score (nSPS) is 17.1. The number of aromatic carboxylic acids is 1. The maximum atomic E-state index is 15.2. The van der Waals surface area contributed by atoms with Gasteiger partial charge in [0.1, 0.15) is 22.7 Å². The molecule has 0 bridgehead atoms. The minimum atomic E-state index is -4.34. The zero-order valence-electron chi connectivity index (χ0n) is 50.0. The van der Waals surface area contributed by atoms with Crippen molar-refractivity contribution in [2.24, 2.45) is 11.7 Å². The standard InChI is InChI=1S/C34H29F3N4O5S.C25H24F3N5O2S.C8H4O3/c1-19-9-11-23(12-10-19)47(45,46)41-18-27(26-15-21(35)16-28(36)31(26)41)32-38-17-29(37)33(40-32)39-22-6-4-5-20(13-22)14-30(42)24-7-2-3-8-25(24)34(43)44;1-14-5-7-18(8-6-14)36(34,35)33-13-20(19-9-15(26)10-21(27)23(19)33)24-30-12-22(28)25(32-24)31-17-4-2-3-16(29)11-17;9-7-5-3-1-2-4-6(5)8(10)11-7/h2-3,7-12,15-18,20,22H,4-6,13-14H2,1H3,(H,43,44)(H,38,39,40);5-10,12-13,16-17H,2-4,11,29H2,1H3,(H,30,31,32);1-4H/t20-,22+;16-,17+;/m11./s1.